The van der Waals surface area contributed by atoms with Gasteiger partial charge in [-0.25, -0.2) is 4.79 Å². The molecule has 0 bridgehead atoms. The van der Waals surface area contributed by atoms with Gasteiger partial charge in [-0.05, 0) is 32.1 Å². The second-order valence-electron chi connectivity index (χ2n) is 8.51. The van der Waals surface area contributed by atoms with Crippen LogP contribution in [0.15, 0.2) is 0 Å². The minimum absolute atomic E-state index is 0.0324. The van der Waals surface area contributed by atoms with Gasteiger partial charge in [0.15, 0.2) is 0 Å². The summed E-state index contributed by atoms with van der Waals surface area (Å²) >= 11 is 0. The number of piperidine rings is 1. The molecule has 3 saturated heterocycles. The van der Waals surface area contributed by atoms with E-state index in [-0.39, 0.29) is 24.0 Å². The van der Waals surface area contributed by atoms with Crippen molar-refractivity contribution in [3.63, 3.8) is 0 Å². The zero-order valence-corrected chi connectivity index (χ0v) is 17.1. The van der Waals surface area contributed by atoms with Crippen molar-refractivity contribution in [3.05, 3.63) is 0 Å². The number of rotatable bonds is 4. The normalized spacial score (nSPS) is 28.0. The quantitative estimate of drug-likeness (QED) is 0.743. The van der Waals surface area contributed by atoms with E-state index in [0.29, 0.717) is 31.7 Å². The molecular weight excluding hydrogens is 346 g/mol. The summed E-state index contributed by atoms with van der Waals surface area (Å²) in [6.07, 6.45) is 2.28. The van der Waals surface area contributed by atoms with Gasteiger partial charge in [0.2, 0.25) is 5.91 Å². The van der Waals surface area contributed by atoms with Crippen molar-refractivity contribution in [1.82, 2.24) is 14.7 Å². The Bertz CT molecular complexity index is 513. The van der Waals surface area contributed by atoms with Crippen LogP contribution < -0.4 is 0 Å². The van der Waals surface area contributed by atoms with Crippen LogP contribution in [0.1, 0.15) is 40.0 Å². The second kappa shape index (κ2) is 9.24. The summed E-state index contributed by atoms with van der Waals surface area (Å²) in [4.78, 5) is 31.5. The maximum absolute atomic E-state index is 13.1. The maximum atomic E-state index is 13.1. The molecule has 3 aliphatic rings. The Labute approximate surface area is 162 Å². The number of carbonyl (C=O) groups excluding carboxylic acids is 2. The fourth-order valence-electron chi connectivity index (χ4n) is 4.50. The average Bonchev–Trinajstić information content (AvgIpc) is 3.07. The molecule has 0 N–H and O–H groups in total. The minimum atomic E-state index is -0.239. The molecule has 0 spiro atoms. The number of hydrogen-bond donors (Lipinski definition) is 0. The van der Waals surface area contributed by atoms with Crippen molar-refractivity contribution in [2.45, 2.75) is 52.1 Å². The molecule has 0 radical (unpaired) electrons. The first-order valence-electron chi connectivity index (χ1n) is 10.5. The lowest BCUT2D eigenvalue weighted by atomic mass is 9.95. The number of likely N-dealkylation sites (tertiary alicyclic amines) is 2. The standard InChI is InChI=1S/C20H35N3O4/c1-15(2)14-27-20(25)22-7-4-17(5-8-22)19(24)23-9-6-18(16(23)3)21-10-12-26-13-11-21/h15-18H,4-14H2,1-3H3/t16-,18-/m1/s1. The molecule has 2 atom stereocenters. The van der Waals surface area contributed by atoms with Crippen LogP contribution in [0.2, 0.25) is 0 Å². The van der Waals surface area contributed by atoms with Crippen molar-refractivity contribution in [2.24, 2.45) is 11.8 Å². The molecule has 0 unspecified atom stereocenters. The van der Waals surface area contributed by atoms with Crippen LogP contribution in [0.3, 0.4) is 0 Å². The highest BCUT2D eigenvalue weighted by Crippen LogP contribution is 2.28. The van der Waals surface area contributed by atoms with Crippen LogP contribution in [0.5, 0.6) is 0 Å². The molecule has 0 aromatic heterocycles. The van der Waals surface area contributed by atoms with E-state index in [0.717, 1.165) is 52.1 Å². The summed E-state index contributed by atoms with van der Waals surface area (Å²) in [5, 5.41) is 0. The van der Waals surface area contributed by atoms with Crippen molar-refractivity contribution >= 4 is 12.0 Å². The predicted molar refractivity (Wildman–Crippen MR) is 102 cm³/mol. The van der Waals surface area contributed by atoms with Crippen molar-refractivity contribution in [2.75, 3.05) is 52.5 Å². The van der Waals surface area contributed by atoms with E-state index < -0.39 is 0 Å². The van der Waals surface area contributed by atoms with Gasteiger partial charge in [-0.15, -0.1) is 0 Å². The topological polar surface area (TPSA) is 62.3 Å². The lowest BCUT2D eigenvalue weighted by Crippen LogP contribution is -2.51. The van der Waals surface area contributed by atoms with Crippen molar-refractivity contribution < 1.29 is 19.1 Å². The van der Waals surface area contributed by atoms with Crippen LogP contribution in [0, 0.1) is 11.8 Å². The monoisotopic (exact) mass is 381 g/mol. The van der Waals surface area contributed by atoms with E-state index in [9.17, 15) is 9.59 Å². The van der Waals surface area contributed by atoms with Gasteiger partial charge in [0.1, 0.15) is 0 Å². The Morgan fingerprint density at radius 3 is 2.33 bits per heavy atom. The first kappa shape index (κ1) is 20.4. The fraction of sp³-hybridized carbons (Fsp3) is 0.900. The zero-order valence-electron chi connectivity index (χ0n) is 17.1. The summed E-state index contributed by atoms with van der Waals surface area (Å²) in [5.41, 5.74) is 0. The molecule has 154 valence electrons. The molecule has 0 aliphatic carbocycles. The molecule has 7 heteroatoms. The van der Waals surface area contributed by atoms with Gasteiger partial charge in [0, 0.05) is 50.7 Å². The molecule has 3 rings (SSSR count). The van der Waals surface area contributed by atoms with Gasteiger partial charge < -0.3 is 19.3 Å². The molecule has 0 aromatic carbocycles. The van der Waals surface area contributed by atoms with E-state index in [2.05, 4.69) is 16.7 Å². The van der Waals surface area contributed by atoms with E-state index in [1.807, 2.05) is 13.8 Å². The summed E-state index contributed by atoms with van der Waals surface area (Å²) < 4.78 is 10.8. The third-order valence-corrected chi connectivity index (χ3v) is 6.15. The van der Waals surface area contributed by atoms with Crippen LogP contribution in [-0.4, -0.2) is 91.3 Å². The minimum Gasteiger partial charge on any atom is -0.449 e. The number of carbonyl (C=O) groups is 2. The first-order valence-corrected chi connectivity index (χ1v) is 10.5. The van der Waals surface area contributed by atoms with Gasteiger partial charge in [-0.1, -0.05) is 13.8 Å². The van der Waals surface area contributed by atoms with Gasteiger partial charge >= 0.3 is 6.09 Å². The van der Waals surface area contributed by atoms with Crippen LogP contribution in [-0.2, 0) is 14.3 Å². The Hall–Kier alpha value is -1.34. The zero-order chi connectivity index (χ0) is 19.4. The summed E-state index contributed by atoms with van der Waals surface area (Å²) in [5.74, 6) is 0.641. The predicted octanol–water partition coefficient (Wildman–Crippen LogP) is 1.81. The second-order valence-corrected chi connectivity index (χ2v) is 8.51. The largest absolute Gasteiger partial charge is 0.449 e. The first-order chi connectivity index (χ1) is 13.0. The van der Waals surface area contributed by atoms with E-state index >= 15 is 0 Å². The van der Waals surface area contributed by atoms with Crippen molar-refractivity contribution in [3.8, 4) is 0 Å². The Morgan fingerprint density at radius 1 is 1.04 bits per heavy atom. The highest BCUT2D eigenvalue weighted by molar-refractivity contribution is 5.80. The van der Waals surface area contributed by atoms with Crippen LogP contribution in [0.4, 0.5) is 4.79 Å². The van der Waals surface area contributed by atoms with Crippen LogP contribution >= 0.6 is 0 Å². The van der Waals surface area contributed by atoms with Crippen LogP contribution in [0.25, 0.3) is 0 Å². The van der Waals surface area contributed by atoms with E-state index in [1.54, 1.807) is 4.90 Å². The summed E-state index contributed by atoms with van der Waals surface area (Å²) in [7, 11) is 0. The van der Waals surface area contributed by atoms with Crippen molar-refractivity contribution in [1.29, 1.82) is 0 Å². The molecule has 27 heavy (non-hydrogen) atoms. The summed E-state index contributed by atoms with van der Waals surface area (Å²) in [6, 6.07) is 0.702. The van der Waals surface area contributed by atoms with Gasteiger partial charge in [-0.2, -0.15) is 0 Å². The van der Waals surface area contributed by atoms with Gasteiger partial charge in [0.25, 0.3) is 0 Å². The maximum Gasteiger partial charge on any atom is 0.409 e. The molecule has 0 aromatic rings. The third kappa shape index (κ3) is 4.93. The fourth-order valence-corrected chi connectivity index (χ4v) is 4.50. The smallest absolute Gasteiger partial charge is 0.409 e. The Balaban J connectivity index is 1.47. The summed E-state index contributed by atoms with van der Waals surface area (Å²) in [6.45, 7) is 12.3. The lowest BCUT2D eigenvalue weighted by Gasteiger charge is -2.37. The SMILES string of the molecule is CC(C)COC(=O)N1CCC(C(=O)N2CC[C@@H](N3CCOCC3)[C@H]2C)CC1. The number of amides is 2. The number of ether oxygens (including phenoxy) is 2. The third-order valence-electron chi connectivity index (χ3n) is 6.15. The van der Waals surface area contributed by atoms with E-state index in [4.69, 9.17) is 9.47 Å². The average molecular weight is 382 g/mol. The molecule has 0 saturated carbocycles. The van der Waals surface area contributed by atoms with E-state index in [1.165, 1.54) is 0 Å². The molecule has 2 amide bonds. The number of nitrogens with zero attached hydrogens (tertiary/aromatic N) is 3. The lowest BCUT2D eigenvalue weighted by molar-refractivity contribution is -0.138. The molecule has 3 aliphatic heterocycles. The van der Waals surface area contributed by atoms with Gasteiger partial charge in [-0.3, -0.25) is 9.69 Å². The van der Waals surface area contributed by atoms with Gasteiger partial charge in [0.05, 0.1) is 19.8 Å². The molecule has 3 fully saturated rings. The molecule has 7 nitrogen and oxygen atoms in total. The Morgan fingerprint density at radius 2 is 1.70 bits per heavy atom. The molecular formula is C20H35N3O4. The Kier molecular flexibility index (Phi) is 6.98. The number of hydrogen-bond acceptors (Lipinski definition) is 5. The highest BCUT2D eigenvalue weighted by atomic mass is 16.6. The number of morpholine rings is 1. The molecule has 3 heterocycles. The highest BCUT2D eigenvalue weighted by Gasteiger charge is 2.40.